The number of nitrogens with one attached hydrogen (secondary N) is 1. The zero-order chi connectivity index (χ0) is 17.9. The number of fused-ring (bicyclic) bond motifs is 1. The lowest BCUT2D eigenvalue weighted by atomic mass is 10.1. The summed E-state index contributed by atoms with van der Waals surface area (Å²) in [6.45, 7) is 3.92. The summed E-state index contributed by atoms with van der Waals surface area (Å²) in [6.07, 6.45) is 1.75. The van der Waals surface area contributed by atoms with Crippen molar-refractivity contribution in [3.8, 4) is 0 Å². The van der Waals surface area contributed by atoms with Gasteiger partial charge in [-0.3, -0.25) is 13.9 Å². The summed E-state index contributed by atoms with van der Waals surface area (Å²) in [4.78, 5) is 23.5. The summed E-state index contributed by atoms with van der Waals surface area (Å²) < 4.78 is 24.8. The average molecular weight is 352 g/mol. The van der Waals surface area contributed by atoms with Crippen LogP contribution in [0, 0.1) is 17.3 Å². The first-order valence-corrected chi connectivity index (χ1v) is 9.52. The van der Waals surface area contributed by atoms with E-state index >= 15 is 0 Å². The molecule has 1 aliphatic heterocycles. The zero-order valence-electron chi connectivity index (χ0n) is 13.7. The van der Waals surface area contributed by atoms with Crippen molar-refractivity contribution in [1.29, 1.82) is 0 Å². The normalized spacial score (nSPS) is 24.4. The van der Waals surface area contributed by atoms with E-state index in [1.165, 1.54) is 10.6 Å². The predicted octanol–water partition coefficient (Wildman–Crippen LogP) is 1.30. The van der Waals surface area contributed by atoms with Crippen LogP contribution in [0.25, 0.3) is 0 Å². The van der Waals surface area contributed by atoms with Gasteiger partial charge in [0.05, 0.1) is 23.8 Å². The molecule has 0 saturated heterocycles. The third-order valence-corrected chi connectivity index (χ3v) is 6.16. The topological polar surface area (TPSA) is 104 Å². The number of aliphatic carboxylic acids is 1. The van der Waals surface area contributed by atoms with Gasteiger partial charge in [0.25, 0.3) is 0 Å². The van der Waals surface area contributed by atoms with E-state index in [1.807, 2.05) is 0 Å². The van der Waals surface area contributed by atoms with E-state index < -0.39 is 33.2 Å². The third kappa shape index (κ3) is 2.64. The Morgan fingerprint density at radius 1 is 1.29 bits per heavy atom. The number of hydrogen-bond acceptors (Lipinski definition) is 4. The molecule has 3 rings (SSSR count). The Morgan fingerprint density at radius 3 is 2.50 bits per heavy atom. The number of carbonyl (C=O) groups excluding carboxylic acids is 1. The van der Waals surface area contributed by atoms with Gasteiger partial charge in [-0.1, -0.05) is 13.8 Å². The summed E-state index contributed by atoms with van der Waals surface area (Å²) in [5.41, 5.74) is 1.48. The van der Waals surface area contributed by atoms with Gasteiger partial charge in [-0.25, -0.2) is 8.42 Å². The molecule has 1 saturated carbocycles. The first-order chi connectivity index (χ1) is 11.0. The lowest BCUT2D eigenvalue weighted by Crippen LogP contribution is -2.27. The standard InChI is InChI=1S/C16H20N2O5S/c1-16(2)12(13(16)15(20)21)14(19)17-10-4-5-11-9(8-10)6-7-18(11)24(3,22)23/h4-5,8,12-13H,6-7H2,1-3H3,(H,17,19)(H,20,21). The number of nitrogens with zero attached hydrogens (tertiary/aromatic N) is 1. The highest BCUT2D eigenvalue weighted by atomic mass is 32.2. The first-order valence-electron chi connectivity index (χ1n) is 7.68. The van der Waals surface area contributed by atoms with E-state index in [9.17, 15) is 18.0 Å². The van der Waals surface area contributed by atoms with Crippen molar-refractivity contribution in [2.75, 3.05) is 22.4 Å². The highest BCUT2D eigenvalue weighted by Gasteiger charge is 2.65. The molecule has 1 amide bonds. The first kappa shape index (κ1) is 16.8. The maximum Gasteiger partial charge on any atom is 0.307 e. The van der Waals surface area contributed by atoms with Crippen LogP contribution < -0.4 is 9.62 Å². The molecule has 0 radical (unpaired) electrons. The lowest BCUT2D eigenvalue weighted by Gasteiger charge is -2.16. The highest BCUT2D eigenvalue weighted by Crippen LogP contribution is 2.58. The Balaban J connectivity index is 1.77. The van der Waals surface area contributed by atoms with Gasteiger partial charge >= 0.3 is 5.97 Å². The van der Waals surface area contributed by atoms with E-state index in [4.69, 9.17) is 5.11 Å². The Labute approximate surface area is 140 Å². The molecule has 2 unspecified atom stereocenters. The van der Waals surface area contributed by atoms with Gasteiger partial charge in [-0.05, 0) is 35.6 Å². The average Bonchev–Trinajstić information content (AvgIpc) is 2.82. The Morgan fingerprint density at radius 2 is 1.96 bits per heavy atom. The molecule has 8 heteroatoms. The largest absolute Gasteiger partial charge is 0.481 e. The molecule has 2 atom stereocenters. The molecule has 1 aliphatic carbocycles. The molecule has 0 spiro atoms. The fourth-order valence-electron chi connectivity index (χ4n) is 3.60. The molecule has 1 heterocycles. The van der Waals surface area contributed by atoms with Crippen LogP contribution in [0.2, 0.25) is 0 Å². The van der Waals surface area contributed by atoms with E-state index in [1.54, 1.807) is 32.0 Å². The van der Waals surface area contributed by atoms with Crippen LogP contribution in [0.4, 0.5) is 11.4 Å². The van der Waals surface area contributed by atoms with Crippen molar-refractivity contribution < 1.29 is 23.1 Å². The molecule has 2 aliphatic rings. The lowest BCUT2D eigenvalue weighted by molar-refractivity contribution is -0.140. The summed E-state index contributed by atoms with van der Waals surface area (Å²) in [5, 5.41) is 11.9. The molecule has 2 N–H and O–H groups in total. The number of amides is 1. The maximum absolute atomic E-state index is 12.3. The van der Waals surface area contributed by atoms with E-state index in [-0.39, 0.29) is 5.91 Å². The molecule has 1 aromatic carbocycles. The molecule has 1 fully saturated rings. The number of carboxylic acid groups (broad SMARTS) is 1. The molecule has 0 aromatic heterocycles. The van der Waals surface area contributed by atoms with Crippen LogP contribution in [0.3, 0.4) is 0 Å². The van der Waals surface area contributed by atoms with Crippen LogP contribution in [-0.2, 0) is 26.0 Å². The van der Waals surface area contributed by atoms with Gasteiger partial charge in [0.1, 0.15) is 0 Å². The third-order valence-electron chi connectivity index (χ3n) is 4.98. The minimum absolute atomic E-state index is 0.315. The molecule has 0 bridgehead atoms. The van der Waals surface area contributed by atoms with Gasteiger partial charge < -0.3 is 10.4 Å². The minimum Gasteiger partial charge on any atom is -0.481 e. The van der Waals surface area contributed by atoms with Gasteiger partial charge in [-0.2, -0.15) is 0 Å². The Hall–Kier alpha value is -2.09. The van der Waals surface area contributed by atoms with Crippen LogP contribution in [-0.4, -0.2) is 38.2 Å². The monoisotopic (exact) mass is 352 g/mol. The smallest absolute Gasteiger partial charge is 0.307 e. The second kappa shape index (κ2) is 5.20. The van der Waals surface area contributed by atoms with Crippen molar-refractivity contribution in [3.05, 3.63) is 23.8 Å². The van der Waals surface area contributed by atoms with Crippen molar-refractivity contribution in [2.45, 2.75) is 20.3 Å². The van der Waals surface area contributed by atoms with Crippen molar-refractivity contribution in [2.24, 2.45) is 17.3 Å². The fraction of sp³-hybridized carbons (Fsp3) is 0.500. The molecule has 1 aromatic rings. The second-order valence-electron chi connectivity index (χ2n) is 7.03. The van der Waals surface area contributed by atoms with Gasteiger partial charge in [0.2, 0.25) is 15.9 Å². The minimum atomic E-state index is -3.31. The second-order valence-corrected chi connectivity index (χ2v) is 8.94. The number of sulfonamides is 1. The molecule has 7 nitrogen and oxygen atoms in total. The van der Waals surface area contributed by atoms with Crippen molar-refractivity contribution in [1.82, 2.24) is 0 Å². The number of carbonyl (C=O) groups is 2. The Bertz CT molecular complexity index is 831. The molecular weight excluding hydrogens is 332 g/mol. The maximum atomic E-state index is 12.3. The highest BCUT2D eigenvalue weighted by molar-refractivity contribution is 7.92. The summed E-state index contributed by atoms with van der Waals surface area (Å²) >= 11 is 0. The number of carboxylic acids is 1. The van der Waals surface area contributed by atoms with Gasteiger partial charge in [0.15, 0.2) is 0 Å². The van der Waals surface area contributed by atoms with E-state index in [0.29, 0.717) is 24.3 Å². The summed E-state index contributed by atoms with van der Waals surface area (Å²) in [7, 11) is -3.31. The molecular formula is C16H20N2O5S. The van der Waals surface area contributed by atoms with Crippen molar-refractivity contribution in [3.63, 3.8) is 0 Å². The van der Waals surface area contributed by atoms with Crippen LogP contribution in [0.5, 0.6) is 0 Å². The molecule has 130 valence electrons. The van der Waals surface area contributed by atoms with E-state index in [2.05, 4.69) is 5.32 Å². The molecule has 24 heavy (non-hydrogen) atoms. The van der Waals surface area contributed by atoms with Gasteiger partial charge in [-0.15, -0.1) is 0 Å². The number of benzene rings is 1. The Kier molecular flexibility index (Phi) is 3.63. The van der Waals surface area contributed by atoms with Crippen LogP contribution in [0.1, 0.15) is 19.4 Å². The van der Waals surface area contributed by atoms with E-state index in [0.717, 1.165) is 5.56 Å². The van der Waals surface area contributed by atoms with Crippen molar-refractivity contribution >= 4 is 33.3 Å². The van der Waals surface area contributed by atoms with Crippen LogP contribution in [0.15, 0.2) is 18.2 Å². The van der Waals surface area contributed by atoms with Crippen LogP contribution >= 0.6 is 0 Å². The quantitative estimate of drug-likeness (QED) is 0.850. The zero-order valence-corrected chi connectivity index (χ0v) is 14.6. The summed E-state index contributed by atoms with van der Waals surface area (Å²) in [5.74, 6) is -2.51. The predicted molar refractivity (Wildman–Crippen MR) is 89.4 cm³/mol. The fourth-order valence-corrected chi connectivity index (χ4v) is 4.56. The number of rotatable bonds is 4. The SMILES string of the molecule is CC1(C)C(C(=O)O)C1C(=O)Nc1ccc2c(c1)CCN2S(C)(=O)=O. The van der Waals surface area contributed by atoms with Gasteiger partial charge in [0, 0.05) is 12.2 Å². The number of anilines is 2. The number of hydrogen-bond donors (Lipinski definition) is 2. The summed E-state index contributed by atoms with van der Waals surface area (Å²) in [6, 6.07) is 5.07.